The average molecular weight is 259 g/mol. The van der Waals surface area contributed by atoms with Crippen molar-refractivity contribution in [2.75, 3.05) is 0 Å². The summed E-state index contributed by atoms with van der Waals surface area (Å²) in [6.07, 6.45) is 8.93. The first-order valence-electron chi connectivity index (χ1n) is 7.27. The van der Waals surface area contributed by atoms with Crippen molar-refractivity contribution >= 4 is 0 Å². The first kappa shape index (κ1) is 12.7. The fourth-order valence-electron chi connectivity index (χ4n) is 3.47. The molecule has 0 aromatic carbocycles. The Labute approximate surface area is 114 Å². The van der Waals surface area contributed by atoms with E-state index in [1.165, 1.54) is 0 Å². The lowest BCUT2D eigenvalue weighted by Crippen LogP contribution is -2.33. The van der Waals surface area contributed by atoms with Gasteiger partial charge in [0.1, 0.15) is 6.10 Å². The molecule has 0 spiro atoms. The number of hydrogen-bond acceptors (Lipinski definition) is 3. The monoisotopic (exact) mass is 259 g/mol. The summed E-state index contributed by atoms with van der Waals surface area (Å²) in [5.74, 6) is 0.514. The Bertz CT molecular complexity index is 500. The van der Waals surface area contributed by atoms with E-state index in [0.717, 1.165) is 44.2 Å². The van der Waals surface area contributed by atoms with Crippen molar-refractivity contribution in [1.29, 1.82) is 5.26 Å². The maximum atomic E-state index is 10.8. The molecule has 4 nitrogen and oxygen atoms in total. The van der Waals surface area contributed by atoms with E-state index in [1.54, 1.807) is 12.5 Å². The van der Waals surface area contributed by atoms with Crippen molar-refractivity contribution in [2.24, 2.45) is 11.3 Å². The van der Waals surface area contributed by atoms with Gasteiger partial charge >= 0.3 is 0 Å². The highest BCUT2D eigenvalue weighted by atomic mass is 16.3. The molecule has 1 aromatic heterocycles. The molecule has 2 fully saturated rings. The Morgan fingerprint density at radius 2 is 2.32 bits per heavy atom. The lowest BCUT2D eigenvalue weighted by molar-refractivity contribution is 0.0165. The second kappa shape index (κ2) is 4.64. The van der Waals surface area contributed by atoms with E-state index in [4.69, 9.17) is 0 Å². The van der Waals surface area contributed by atoms with Gasteiger partial charge in [-0.05, 0) is 31.6 Å². The highest BCUT2D eigenvalue weighted by molar-refractivity contribution is 5.17. The van der Waals surface area contributed by atoms with Crippen molar-refractivity contribution < 1.29 is 5.11 Å². The third kappa shape index (κ3) is 2.17. The molecule has 102 valence electrons. The van der Waals surface area contributed by atoms with Crippen LogP contribution >= 0.6 is 0 Å². The summed E-state index contributed by atoms with van der Waals surface area (Å²) >= 11 is 0. The summed E-state index contributed by atoms with van der Waals surface area (Å²) in [5.41, 5.74) is 0.211. The molecular weight excluding hydrogens is 238 g/mol. The van der Waals surface area contributed by atoms with Gasteiger partial charge in [0.05, 0.1) is 29.7 Å². The predicted molar refractivity (Wildman–Crippen MR) is 71.1 cm³/mol. The fourth-order valence-corrected chi connectivity index (χ4v) is 3.47. The van der Waals surface area contributed by atoms with Crippen molar-refractivity contribution in [3.8, 4) is 6.07 Å². The maximum absolute atomic E-state index is 10.8. The molecular formula is C15H21N3O. The van der Waals surface area contributed by atoms with Crippen LogP contribution in [0.1, 0.15) is 63.3 Å². The van der Waals surface area contributed by atoms with Gasteiger partial charge in [-0.3, -0.25) is 0 Å². The molecule has 0 bridgehead atoms. The highest BCUT2D eigenvalue weighted by Crippen LogP contribution is 2.48. The molecule has 4 heteroatoms. The Balaban J connectivity index is 1.90. The Hall–Kier alpha value is -1.34. The minimum atomic E-state index is -0.705. The van der Waals surface area contributed by atoms with E-state index < -0.39 is 11.5 Å². The average Bonchev–Trinajstić information content (AvgIpc) is 3.15. The van der Waals surface area contributed by atoms with Gasteiger partial charge in [0, 0.05) is 6.04 Å². The summed E-state index contributed by atoms with van der Waals surface area (Å²) in [4.78, 5) is 4.18. The van der Waals surface area contributed by atoms with Crippen LogP contribution in [0.5, 0.6) is 0 Å². The highest BCUT2D eigenvalue weighted by Gasteiger charge is 2.44. The minimum absolute atomic E-state index is 0.490. The molecule has 0 amide bonds. The molecule has 3 atom stereocenters. The van der Waals surface area contributed by atoms with Gasteiger partial charge < -0.3 is 9.67 Å². The second-order valence-electron chi connectivity index (χ2n) is 6.33. The zero-order valence-electron chi connectivity index (χ0n) is 11.4. The van der Waals surface area contributed by atoms with Gasteiger partial charge in [-0.15, -0.1) is 0 Å². The summed E-state index contributed by atoms with van der Waals surface area (Å²) in [6.45, 7) is 2.18. The van der Waals surface area contributed by atoms with Crippen LogP contribution in [0.25, 0.3) is 0 Å². The molecule has 2 aliphatic carbocycles. The van der Waals surface area contributed by atoms with Crippen LogP contribution in [0.3, 0.4) is 0 Å². The number of nitrogens with zero attached hydrogens (tertiary/aromatic N) is 3. The molecule has 2 aliphatic rings. The molecule has 1 aromatic rings. The smallest absolute Gasteiger partial charge is 0.114 e. The Morgan fingerprint density at radius 3 is 2.95 bits per heavy atom. The van der Waals surface area contributed by atoms with Gasteiger partial charge in [0.15, 0.2) is 0 Å². The van der Waals surface area contributed by atoms with Gasteiger partial charge in [0.25, 0.3) is 0 Å². The molecule has 1 N–H and O–H groups in total. The largest absolute Gasteiger partial charge is 0.385 e. The van der Waals surface area contributed by atoms with E-state index in [-0.39, 0.29) is 0 Å². The van der Waals surface area contributed by atoms with Crippen molar-refractivity contribution in [3.05, 3.63) is 18.2 Å². The molecule has 1 heterocycles. The standard InChI is InChI=1S/C15H21N3O/c1-11-3-2-6-15(7-11,9-16)14(19)13-8-17-10-18(13)12-4-5-12/h8,10-12,14,19H,2-7H2,1H3. The summed E-state index contributed by atoms with van der Waals surface area (Å²) in [6, 6.07) is 2.92. The Morgan fingerprint density at radius 1 is 1.53 bits per heavy atom. The van der Waals surface area contributed by atoms with Crippen LogP contribution in [0.15, 0.2) is 12.5 Å². The molecule has 0 aliphatic heterocycles. The van der Waals surface area contributed by atoms with Crippen LogP contribution in [-0.2, 0) is 0 Å². The third-order valence-corrected chi connectivity index (χ3v) is 4.70. The van der Waals surface area contributed by atoms with E-state index in [2.05, 4.69) is 22.5 Å². The van der Waals surface area contributed by atoms with Crippen LogP contribution in [0, 0.1) is 22.7 Å². The molecule has 19 heavy (non-hydrogen) atoms. The van der Waals surface area contributed by atoms with E-state index in [1.807, 2.05) is 0 Å². The lowest BCUT2D eigenvalue weighted by atomic mass is 9.67. The quantitative estimate of drug-likeness (QED) is 0.907. The molecule has 2 saturated carbocycles. The van der Waals surface area contributed by atoms with Crippen molar-refractivity contribution in [2.45, 2.75) is 57.6 Å². The van der Waals surface area contributed by atoms with Gasteiger partial charge in [-0.2, -0.15) is 5.26 Å². The number of aromatic nitrogens is 2. The normalized spacial score (nSPS) is 32.8. The number of aliphatic hydroxyl groups excluding tert-OH is 1. The maximum Gasteiger partial charge on any atom is 0.114 e. The second-order valence-corrected chi connectivity index (χ2v) is 6.33. The van der Waals surface area contributed by atoms with E-state index in [9.17, 15) is 10.4 Å². The molecule has 3 rings (SSSR count). The topological polar surface area (TPSA) is 61.8 Å². The number of aliphatic hydroxyl groups is 1. The van der Waals surface area contributed by atoms with Crippen molar-refractivity contribution in [1.82, 2.24) is 9.55 Å². The van der Waals surface area contributed by atoms with Gasteiger partial charge in [-0.25, -0.2) is 4.98 Å². The summed E-state index contributed by atoms with van der Waals surface area (Å²) in [7, 11) is 0. The van der Waals surface area contributed by atoms with E-state index in [0.29, 0.717) is 12.0 Å². The van der Waals surface area contributed by atoms with Crippen molar-refractivity contribution in [3.63, 3.8) is 0 Å². The summed E-state index contributed by atoms with van der Waals surface area (Å²) < 4.78 is 2.07. The molecule has 0 saturated heterocycles. The fraction of sp³-hybridized carbons (Fsp3) is 0.733. The van der Waals surface area contributed by atoms with Gasteiger partial charge in [0.2, 0.25) is 0 Å². The van der Waals surface area contributed by atoms with E-state index >= 15 is 0 Å². The minimum Gasteiger partial charge on any atom is -0.385 e. The first-order chi connectivity index (χ1) is 9.16. The summed E-state index contributed by atoms with van der Waals surface area (Å²) in [5, 5.41) is 20.4. The van der Waals surface area contributed by atoms with Gasteiger partial charge in [-0.1, -0.05) is 19.8 Å². The number of rotatable bonds is 3. The predicted octanol–water partition coefficient (Wildman–Crippen LogP) is 2.97. The zero-order valence-corrected chi connectivity index (χ0v) is 11.4. The van der Waals surface area contributed by atoms with Crippen LogP contribution in [0.2, 0.25) is 0 Å². The first-order valence-corrected chi connectivity index (χ1v) is 7.27. The van der Waals surface area contributed by atoms with Crippen LogP contribution in [0.4, 0.5) is 0 Å². The number of hydrogen-bond donors (Lipinski definition) is 1. The lowest BCUT2D eigenvalue weighted by Gasteiger charge is -2.38. The van der Waals surface area contributed by atoms with Crippen LogP contribution in [-0.4, -0.2) is 14.7 Å². The molecule has 3 unspecified atom stereocenters. The number of nitriles is 1. The Kier molecular flexibility index (Phi) is 3.10. The zero-order chi connectivity index (χ0) is 13.5. The number of imidazole rings is 1. The molecule has 0 radical (unpaired) electrons. The van der Waals surface area contributed by atoms with Crippen LogP contribution < -0.4 is 0 Å². The third-order valence-electron chi connectivity index (χ3n) is 4.70. The SMILES string of the molecule is CC1CCCC(C#N)(C(O)c2cncn2C2CC2)C1.